The summed E-state index contributed by atoms with van der Waals surface area (Å²) in [6.45, 7) is 2.84. The van der Waals surface area contributed by atoms with E-state index in [0.717, 1.165) is 24.2 Å². The van der Waals surface area contributed by atoms with Gasteiger partial charge in [-0.05, 0) is 43.9 Å². The predicted molar refractivity (Wildman–Crippen MR) is 87.9 cm³/mol. The van der Waals surface area contributed by atoms with E-state index in [0.29, 0.717) is 6.54 Å². The van der Waals surface area contributed by atoms with Crippen molar-refractivity contribution in [2.45, 2.75) is 35.8 Å². The number of hydrogen-bond donors (Lipinski definition) is 0. The molecular formula is C18H21NOS. The van der Waals surface area contributed by atoms with E-state index in [-0.39, 0.29) is 4.75 Å². The van der Waals surface area contributed by atoms with E-state index in [1.807, 2.05) is 48.5 Å². The minimum absolute atomic E-state index is 0.298. The summed E-state index contributed by atoms with van der Waals surface area (Å²) in [6, 6.07) is 20.1. The van der Waals surface area contributed by atoms with Gasteiger partial charge in [0, 0.05) is 11.4 Å². The molecule has 0 aromatic heterocycles. The predicted octanol–water partition coefficient (Wildman–Crippen LogP) is 4.31. The summed E-state index contributed by atoms with van der Waals surface area (Å²) in [6.07, 6.45) is 2.79. The van der Waals surface area contributed by atoms with Crippen molar-refractivity contribution in [1.82, 2.24) is 0 Å². The van der Waals surface area contributed by atoms with E-state index in [1.54, 1.807) is 0 Å². The molecule has 2 aromatic rings. The first kappa shape index (κ1) is 14.3. The van der Waals surface area contributed by atoms with Crippen LogP contribution in [0.25, 0.3) is 0 Å². The third-order valence-electron chi connectivity index (χ3n) is 4.29. The standard InChI is InChI=1S/C18H21NOS/c1-18(15-16-9-4-2-5-10-16)13-8-14-19-21(18,20)17-11-6-3-7-12-17/h2-7,9-12H,8,13-15H2,1H3/t18-,21-/m1/s1. The molecule has 3 rings (SSSR count). The molecule has 0 fully saturated rings. The number of benzene rings is 2. The first-order chi connectivity index (χ1) is 10.1. The fraction of sp³-hybridized carbons (Fsp3) is 0.333. The van der Waals surface area contributed by atoms with Crippen molar-refractivity contribution in [3.63, 3.8) is 0 Å². The second-order valence-electron chi connectivity index (χ2n) is 5.91. The maximum atomic E-state index is 13.7. The Morgan fingerprint density at radius 3 is 2.33 bits per heavy atom. The molecule has 21 heavy (non-hydrogen) atoms. The zero-order chi connectivity index (χ0) is 14.8. The SMILES string of the molecule is C[C@]1(Cc2ccccc2)CCCN=[S@@]1(=O)c1ccccc1. The Labute approximate surface area is 127 Å². The average molecular weight is 299 g/mol. The van der Waals surface area contributed by atoms with Crippen molar-refractivity contribution in [3.8, 4) is 0 Å². The lowest BCUT2D eigenvalue weighted by atomic mass is 9.95. The summed E-state index contributed by atoms with van der Waals surface area (Å²) in [4.78, 5) is 0.878. The molecule has 0 aliphatic carbocycles. The minimum atomic E-state index is -2.38. The van der Waals surface area contributed by atoms with E-state index < -0.39 is 9.73 Å². The molecule has 2 aromatic carbocycles. The number of rotatable bonds is 3. The summed E-state index contributed by atoms with van der Waals surface area (Å²) in [5.41, 5.74) is 1.24. The van der Waals surface area contributed by atoms with E-state index in [4.69, 9.17) is 0 Å². The Bertz CT molecular complexity index is 717. The molecule has 1 aliphatic heterocycles. The Morgan fingerprint density at radius 1 is 1.05 bits per heavy atom. The lowest BCUT2D eigenvalue weighted by Gasteiger charge is -2.36. The van der Waals surface area contributed by atoms with Crippen LogP contribution in [0.1, 0.15) is 25.3 Å². The molecule has 0 spiro atoms. The molecule has 0 saturated heterocycles. The average Bonchev–Trinajstić information content (AvgIpc) is 2.52. The molecule has 0 unspecified atom stereocenters. The second-order valence-corrected chi connectivity index (χ2v) is 8.67. The van der Waals surface area contributed by atoms with E-state index >= 15 is 0 Å². The molecule has 110 valence electrons. The zero-order valence-electron chi connectivity index (χ0n) is 12.4. The van der Waals surface area contributed by atoms with Crippen LogP contribution < -0.4 is 0 Å². The lowest BCUT2D eigenvalue weighted by Crippen LogP contribution is -2.40. The smallest absolute Gasteiger partial charge is 0.0810 e. The van der Waals surface area contributed by atoms with E-state index in [2.05, 4.69) is 23.4 Å². The first-order valence-corrected chi connectivity index (χ1v) is 8.97. The monoisotopic (exact) mass is 299 g/mol. The summed E-state index contributed by atoms with van der Waals surface area (Å²) in [7, 11) is -2.38. The summed E-state index contributed by atoms with van der Waals surface area (Å²) < 4.78 is 18.0. The Hall–Kier alpha value is -1.61. The fourth-order valence-electron chi connectivity index (χ4n) is 3.12. The maximum Gasteiger partial charge on any atom is 0.0810 e. The number of hydrogen-bond acceptors (Lipinski definition) is 2. The van der Waals surface area contributed by atoms with Crippen LogP contribution in [0.2, 0.25) is 0 Å². The highest BCUT2D eigenvalue weighted by Crippen LogP contribution is 2.37. The molecule has 0 radical (unpaired) electrons. The quantitative estimate of drug-likeness (QED) is 0.830. The van der Waals surface area contributed by atoms with Crippen molar-refractivity contribution in [2.75, 3.05) is 6.54 Å². The highest BCUT2D eigenvalue weighted by Gasteiger charge is 2.39. The van der Waals surface area contributed by atoms with Gasteiger partial charge in [-0.1, -0.05) is 48.5 Å². The van der Waals surface area contributed by atoms with Gasteiger partial charge in [0.25, 0.3) is 0 Å². The molecule has 2 atom stereocenters. The van der Waals surface area contributed by atoms with Gasteiger partial charge in [0.05, 0.1) is 14.5 Å². The fourth-order valence-corrected chi connectivity index (χ4v) is 5.84. The van der Waals surface area contributed by atoms with Crippen LogP contribution in [-0.2, 0) is 16.1 Å². The third kappa shape index (κ3) is 2.62. The van der Waals surface area contributed by atoms with Gasteiger partial charge in [-0.2, -0.15) is 0 Å². The van der Waals surface area contributed by atoms with Crippen molar-refractivity contribution < 1.29 is 4.21 Å². The molecule has 1 heterocycles. The maximum absolute atomic E-state index is 13.7. The van der Waals surface area contributed by atoms with Gasteiger partial charge in [-0.15, -0.1) is 0 Å². The Morgan fingerprint density at radius 2 is 1.67 bits per heavy atom. The topological polar surface area (TPSA) is 29.4 Å². The van der Waals surface area contributed by atoms with E-state index in [9.17, 15) is 4.21 Å². The van der Waals surface area contributed by atoms with Crippen LogP contribution in [0, 0.1) is 0 Å². The lowest BCUT2D eigenvalue weighted by molar-refractivity contribution is 0.509. The Kier molecular flexibility index (Phi) is 3.85. The van der Waals surface area contributed by atoms with Crippen molar-refractivity contribution >= 4 is 9.73 Å². The summed E-state index contributed by atoms with van der Waals surface area (Å²) >= 11 is 0. The van der Waals surface area contributed by atoms with Crippen molar-refractivity contribution in [1.29, 1.82) is 0 Å². The van der Waals surface area contributed by atoms with Crippen LogP contribution in [0.4, 0.5) is 0 Å². The molecule has 0 N–H and O–H groups in total. The second kappa shape index (κ2) is 5.64. The molecule has 0 amide bonds. The molecule has 1 aliphatic rings. The minimum Gasteiger partial charge on any atom is -0.244 e. The van der Waals surface area contributed by atoms with Gasteiger partial charge in [0.1, 0.15) is 0 Å². The third-order valence-corrected chi connectivity index (χ3v) is 7.43. The van der Waals surface area contributed by atoms with Crippen LogP contribution >= 0.6 is 0 Å². The van der Waals surface area contributed by atoms with Crippen molar-refractivity contribution in [3.05, 3.63) is 66.2 Å². The molecule has 0 bridgehead atoms. The van der Waals surface area contributed by atoms with Gasteiger partial charge in [0.2, 0.25) is 0 Å². The van der Waals surface area contributed by atoms with Crippen LogP contribution in [-0.4, -0.2) is 15.5 Å². The Balaban J connectivity index is 2.06. The van der Waals surface area contributed by atoms with E-state index in [1.165, 1.54) is 5.56 Å². The van der Waals surface area contributed by atoms with Gasteiger partial charge in [0.15, 0.2) is 0 Å². The normalized spacial score (nSPS) is 28.8. The summed E-state index contributed by atoms with van der Waals surface area (Å²) in [5.74, 6) is 0. The molecular weight excluding hydrogens is 278 g/mol. The number of nitrogens with zero attached hydrogens (tertiary/aromatic N) is 1. The zero-order valence-corrected chi connectivity index (χ0v) is 13.2. The largest absolute Gasteiger partial charge is 0.244 e. The highest BCUT2D eigenvalue weighted by molar-refractivity contribution is 7.95. The molecule has 0 saturated carbocycles. The highest BCUT2D eigenvalue weighted by atomic mass is 32.2. The van der Waals surface area contributed by atoms with Gasteiger partial charge in [-0.3, -0.25) is 0 Å². The summed E-state index contributed by atoms with van der Waals surface area (Å²) in [5, 5.41) is 0. The van der Waals surface area contributed by atoms with Crippen LogP contribution in [0.3, 0.4) is 0 Å². The van der Waals surface area contributed by atoms with Gasteiger partial charge < -0.3 is 0 Å². The van der Waals surface area contributed by atoms with Crippen LogP contribution in [0.5, 0.6) is 0 Å². The molecule has 2 nitrogen and oxygen atoms in total. The molecule has 3 heteroatoms. The van der Waals surface area contributed by atoms with Crippen LogP contribution in [0.15, 0.2) is 69.9 Å². The first-order valence-electron chi connectivity index (χ1n) is 7.46. The van der Waals surface area contributed by atoms with Gasteiger partial charge >= 0.3 is 0 Å². The van der Waals surface area contributed by atoms with Crippen molar-refractivity contribution in [2.24, 2.45) is 4.36 Å². The van der Waals surface area contributed by atoms with Gasteiger partial charge in [-0.25, -0.2) is 8.57 Å².